The monoisotopic (exact) mass is 401 g/mol. The summed E-state index contributed by atoms with van der Waals surface area (Å²) in [5.41, 5.74) is 0.917. The van der Waals surface area contributed by atoms with Crippen LogP contribution in [0.2, 0.25) is 0 Å². The number of carbonyl (C=O) groups excluding carboxylic acids is 2. The molecule has 3 aromatic carbocycles. The summed E-state index contributed by atoms with van der Waals surface area (Å²) < 4.78 is 0. The molecule has 0 spiro atoms. The van der Waals surface area contributed by atoms with E-state index in [9.17, 15) is 14.7 Å². The number of ketones is 1. The molecule has 0 radical (unpaired) electrons. The van der Waals surface area contributed by atoms with E-state index >= 15 is 0 Å². The average Bonchev–Trinajstić information content (AvgIpc) is 2.75. The molecule has 29 heavy (non-hydrogen) atoms. The largest absolute Gasteiger partial charge is 0.507 e. The number of amides is 1. The van der Waals surface area contributed by atoms with Gasteiger partial charge in [-0.15, -0.1) is 0 Å². The Morgan fingerprint density at radius 3 is 2.17 bits per heavy atom. The first kappa shape index (κ1) is 20.2. The lowest BCUT2D eigenvalue weighted by atomic mass is 10.1. The van der Waals surface area contributed by atoms with Crippen molar-refractivity contribution in [2.75, 3.05) is 11.4 Å². The number of nitrogens with zero attached hydrogens (tertiary/aromatic N) is 1. The molecule has 1 amide bonds. The molecule has 0 fully saturated rings. The Morgan fingerprint density at radius 1 is 0.862 bits per heavy atom. The van der Waals surface area contributed by atoms with E-state index in [2.05, 4.69) is 11.2 Å². The topological polar surface area (TPSA) is 57.6 Å². The highest BCUT2D eigenvalue weighted by Crippen LogP contribution is 2.20. The fourth-order valence-corrected chi connectivity index (χ4v) is 3.25. The minimum absolute atomic E-state index is 0.0610. The normalized spacial score (nSPS) is 9.93. The van der Waals surface area contributed by atoms with E-state index in [0.717, 1.165) is 4.90 Å². The molecule has 0 bridgehead atoms. The molecule has 0 heterocycles. The molecule has 0 aromatic heterocycles. The van der Waals surface area contributed by atoms with Gasteiger partial charge in [-0.1, -0.05) is 48.5 Å². The Labute approximate surface area is 174 Å². The number of phenols is 1. The smallest absolute Gasteiger partial charge is 0.303 e. The second-order valence-corrected chi connectivity index (χ2v) is 7.00. The van der Waals surface area contributed by atoms with Gasteiger partial charge in [-0.2, -0.15) is 0 Å². The van der Waals surface area contributed by atoms with Crippen molar-refractivity contribution < 1.29 is 14.7 Å². The third-order valence-corrected chi connectivity index (χ3v) is 4.86. The Morgan fingerprint density at radius 2 is 1.48 bits per heavy atom. The van der Waals surface area contributed by atoms with Crippen LogP contribution in [-0.4, -0.2) is 23.3 Å². The maximum Gasteiger partial charge on any atom is 0.303 e. The van der Waals surface area contributed by atoms with Gasteiger partial charge in [0.15, 0.2) is 5.78 Å². The highest BCUT2D eigenvalue weighted by molar-refractivity contribution is 8.04. The number of benzene rings is 3. The lowest BCUT2D eigenvalue weighted by Gasteiger charge is -2.20. The van der Waals surface area contributed by atoms with Crippen molar-refractivity contribution in [3.05, 3.63) is 90.5 Å². The first-order chi connectivity index (χ1) is 14.1. The summed E-state index contributed by atoms with van der Waals surface area (Å²) in [5.74, 6) is 1.97. The number of rotatable bonds is 6. The van der Waals surface area contributed by atoms with Crippen molar-refractivity contribution in [3.8, 4) is 16.9 Å². The van der Waals surface area contributed by atoms with Gasteiger partial charge in [0, 0.05) is 29.5 Å². The van der Waals surface area contributed by atoms with Crippen molar-refractivity contribution in [2.24, 2.45) is 0 Å². The molecule has 0 atom stereocenters. The van der Waals surface area contributed by atoms with Crippen LogP contribution in [0, 0.1) is 11.2 Å². The lowest BCUT2D eigenvalue weighted by Crippen LogP contribution is -2.31. The summed E-state index contributed by atoms with van der Waals surface area (Å²) in [6.45, 7) is 0.167. The van der Waals surface area contributed by atoms with Gasteiger partial charge in [-0.3, -0.25) is 9.59 Å². The zero-order valence-electron chi connectivity index (χ0n) is 15.6. The molecule has 5 heteroatoms. The molecule has 0 aliphatic carbocycles. The molecule has 0 aliphatic heterocycles. The molecule has 0 saturated heterocycles. The van der Waals surface area contributed by atoms with Crippen LogP contribution in [0.4, 0.5) is 5.69 Å². The average molecular weight is 401 g/mol. The van der Waals surface area contributed by atoms with Crippen LogP contribution >= 0.6 is 11.8 Å². The van der Waals surface area contributed by atoms with E-state index in [1.54, 1.807) is 30.3 Å². The fourth-order valence-electron chi connectivity index (χ4n) is 2.70. The first-order valence-electron chi connectivity index (χ1n) is 9.06. The van der Waals surface area contributed by atoms with E-state index < -0.39 is 0 Å². The summed E-state index contributed by atoms with van der Waals surface area (Å²) in [6, 6.07) is 25.1. The number of para-hydroxylation sites is 2. The number of hydrogen-bond donors (Lipinski definition) is 1. The third kappa shape index (κ3) is 5.74. The number of hydrogen-bond acceptors (Lipinski definition) is 4. The highest BCUT2D eigenvalue weighted by Gasteiger charge is 2.17. The Bertz CT molecular complexity index is 1040. The molecule has 0 unspecified atom stereocenters. The van der Waals surface area contributed by atoms with E-state index in [0.29, 0.717) is 5.69 Å². The Balaban J connectivity index is 1.72. The third-order valence-electron chi connectivity index (χ3n) is 4.15. The highest BCUT2D eigenvalue weighted by atomic mass is 32.2. The van der Waals surface area contributed by atoms with E-state index in [1.807, 2.05) is 48.5 Å². The predicted molar refractivity (Wildman–Crippen MR) is 116 cm³/mol. The molecule has 0 saturated carbocycles. The standard InChI is InChI=1S/C24H19NO3S/c26-22-14-8-7-13-21(22)23(27)15-17-25(19-9-3-1-4-10-19)24(28)16-18-29-20-11-5-2-6-12-20/h1-14,26H,15,17H2. The van der Waals surface area contributed by atoms with Crippen molar-refractivity contribution in [1.82, 2.24) is 0 Å². The van der Waals surface area contributed by atoms with Crippen molar-refractivity contribution >= 4 is 29.1 Å². The van der Waals surface area contributed by atoms with Crippen LogP contribution < -0.4 is 4.90 Å². The molecule has 3 rings (SSSR count). The van der Waals surface area contributed by atoms with Gasteiger partial charge >= 0.3 is 5.91 Å². The Kier molecular flexibility index (Phi) is 7.10. The number of thioether (sulfide) groups is 1. The summed E-state index contributed by atoms with van der Waals surface area (Å²) in [7, 11) is 0. The van der Waals surface area contributed by atoms with Crippen LogP contribution in [0.15, 0.2) is 89.8 Å². The molecule has 4 nitrogen and oxygen atoms in total. The molecular weight excluding hydrogens is 382 g/mol. The molecule has 3 aromatic rings. The van der Waals surface area contributed by atoms with Crippen LogP contribution in [0.5, 0.6) is 5.75 Å². The van der Waals surface area contributed by atoms with Crippen molar-refractivity contribution in [2.45, 2.75) is 11.3 Å². The first-order valence-corrected chi connectivity index (χ1v) is 9.87. The molecule has 0 aliphatic rings. The van der Waals surface area contributed by atoms with Gasteiger partial charge in [0.25, 0.3) is 0 Å². The number of aromatic hydroxyl groups is 1. The van der Waals surface area contributed by atoms with E-state index in [-0.39, 0.29) is 36.0 Å². The fraction of sp³-hybridized carbons (Fsp3) is 0.0833. The second-order valence-electron chi connectivity index (χ2n) is 6.12. The SMILES string of the molecule is O=C(CCN(C(=O)C#CSc1ccccc1)c1ccccc1)c1ccccc1O. The maximum atomic E-state index is 12.7. The zero-order chi connectivity index (χ0) is 20.5. The van der Waals surface area contributed by atoms with Gasteiger partial charge in [-0.25, -0.2) is 0 Å². The van der Waals surface area contributed by atoms with Crippen LogP contribution in [0.25, 0.3) is 0 Å². The van der Waals surface area contributed by atoms with E-state index in [1.165, 1.54) is 22.7 Å². The second kappa shape index (κ2) is 10.2. The molecule has 144 valence electrons. The minimum atomic E-state index is -0.385. The number of phenolic OH excluding ortho intramolecular Hbond substituents is 1. The molecular formula is C24H19NO3S. The summed E-state index contributed by atoms with van der Waals surface area (Å²) in [5, 5.41) is 12.7. The van der Waals surface area contributed by atoms with Crippen LogP contribution in [-0.2, 0) is 4.79 Å². The Hall–Kier alpha value is -3.49. The zero-order valence-corrected chi connectivity index (χ0v) is 16.4. The van der Waals surface area contributed by atoms with Crippen molar-refractivity contribution in [3.63, 3.8) is 0 Å². The summed E-state index contributed by atoms with van der Waals surface area (Å²) >= 11 is 1.28. The predicted octanol–water partition coefficient (Wildman–Crippen LogP) is 4.75. The van der Waals surface area contributed by atoms with Crippen LogP contribution in [0.1, 0.15) is 16.8 Å². The van der Waals surface area contributed by atoms with Gasteiger partial charge in [0.05, 0.1) is 5.56 Å². The molecule has 1 N–H and O–H groups in total. The lowest BCUT2D eigenvalue weighted by molar-refractivity contribution is -0.113. The summed E-state index contributed by atoms with van der Waals surface area (Å²) in [6.07, 6.45) is 0.0751. The van der Waals surface area contributed by atoms with E-state index in [4.69, 9.17) is 0 Å². The van der Waals surface area contributed by atoms with Crippen LogP contribution in [0.3, 0.4) is 0 Å². The number of anilines is 1. The summed E-state index contributed by atoms with van der Waals surface area (Å²) in [4.78, 5) is 27.6. The maximum absolute atomic E-state index is 12.7. The van der Waals surface area contributed by atoms with Gasteiger partial charge in [0.2, 0.25) is 0 Å². The number of Topliss-reactive ketones (excluding diaryl/α,β-unsaturated/α-hetero) is 1. The number of carbonyl (C=O) groups is 2. The van der Waals surface area contributed by atoms with Crippen molar-refractivity contribution in [1.29, 1.82) is 0 Å². The van der Waals surface area contributed by atoms with Gasteiger partial charge < -0.3 is 10.0 Å². The quantitative estimate of drug-likeness (QED) is 0.368. The minimum Gasteiger partial charge on any atom is -0.507 e. The van der Waals surface area contributed by atoms with Gasteiger partial charge in [-0.05, 0) is 53.4 Å². The van der Waals surface area contributed by atoms with Gasteiger partial charge in [0.1, 0.15) is 5.75 Å².